The Kier molecular flexibility index (Phi) is 5.59. The molecule has 0 spiro atoms. The topological polar surface area (TPSA) is 46.6 Å². The minimum atomic E-state index is -0.225. The molecular weight excluding hydrogens is 274 g/mol. The molecule has 1 saturated carbocycles. The summed E-state index contributed by atoms with van der Waals surface area (Å²) in [7, 11) is 0. The van der Waals surface area contributed by atoms with E-state index in [9.17, 15) is 9.59 Å². The molecule has 1 aromatic rings. The molecule has 0 aromatic carbocycles. The number of thiophene rings is 1. The van der Waals surface area contributed by atoms with Crippen molar-refractivity contribution in [3.63, 3.8) is 0 Å². The highest BCUT2D eigenvalue weighted by Gasteiger charge is 2.27. The van der Waals surface area contributed by atoms with Gasteiger partial charge in [0.2, 0.25) is 5.91 Å². The van der Waals surface area contributed by atoms with Gasteiger partial charge < -0.3 is 9.64 Å². The molecule has 0 saturated heterocycles. The van der Waals surface area contributed by atoms with Crippen molar-refractivity contribution in [1.29, 1.82) is 0 Å². The van der Waals surface area contributed by atoms with Gasteiger partial charge in [-0.2, -0.15) is 0 Å². The standard InChI is InChI=1S/C15H21NO3S/c1-2-19-15(18)7-8-16(11-12-5-6-12)14(17)10-13-4-3-9-20-13/h3-4,9,12H,2,5-8,10-11H2,1H3. The number of rotatable bonds is 8. The van der Waals surface area contributed by atoms with E-state index < -0.39 is 0 Å². The molecule has 4 nitrogen and oxygen atoms in total. The Balaban J connectivity index is 1.85. The Bertz CT molecular complexity index is 440. The summed E-state index contributed by atoms with van der Waals surface area (Å²) in [5, 5.41) is 1.98. The van der Waals surface area contributed by atoms with Crippen LogP contribution in [0.3, 0.4) is 0 Å². The zero-order valence-corrected chi connectivity index (χ0v) is 12.7. The van der Waals surface area contributed by atoms with Crippen LogP contribution in [-0.2, 0) is 20.7 Å². The Morgan fingerprint density at radius 3 is 2.85 bits per heavy atom. The van der Waals surface area contributed by atoms with E-state index in [1.54, 1.807) is 18.3 Å². The highest BCUT2D eigenvalue weighted by atomic mass is 32.1. The maximum Gasteiger partial charge on any atom is 0.307 e. The molecule has 20 heavy (non-hydrogen) atoms. The number of amides is 1. The molecule has 5 heteroatoms. The molecule has 0 aliphatic heterocycles. The summed E-state index contributed by atoms with van der Waals surface area (Å²) in [4.78, 5) is 26.7. The zero-order valence-electron chi connectivity index (χ0n) is 11.8. The number of ether oxygens (including phenoxy) is 1. The molecular formula is C15H21NO3S. The molecule has 110 valence electrons. The van der Waals surface area contributed by atoms with Gasteiger partial charge in [0.05, 0.1) is 19.4 Å². The molecule has 1 aliphatic carbocycles. The van der Waals surface area contributed by atoms with Gasteiger partial charge in [-0.3, -0.25) is 9.59 Å². The second-order valence-corrected chi connectivity index (χ2v) is 6.13. The van der Waals surface area contributed by atoms with Crippen LogP contribution in [0.1, 0.15) is 31.1 Å². The Morgan fingerprint density at radius 1 is 1.45 bits per heavy atom. The molecule has 0 N–H and O–H groups in total. The van der Waals surface area contributed by atoms with Crippen molar-refractivity contribution in [2.45, 2.75) is 32.6 Å². The molecule has 1 aliphatic rings. The van der Waals surface area contributed by atoms with Gasteiger partial charge in [-0.25, -0.2) is 0 Å². The fraction of sp³-hybridized carbons (Fsp3) is 0.600. The highest BCUT2D eigenvalue weighted by molar-refractivity contribution is 7.10. The van der Waals surface area contributed by atoms with Gasteiger partial charge in [0.25, 0.3) is 0 Å². The maximum absolute atomic E-state index is 12.3. The van der Waals surface area contributed by atoms with E-state index in [1.807, 2.05) is 22.4 Å². The minimum Gasteiger partial charge on any atom is -0.466 e. The lowest BCUT2D eigenvalue weighted by atomic mass is 10.2. The largest absolute Gasteiger partial charge is 0.466 e. The van der Waals surface area contributed by atoms with E-state index in [-0.39, 0.29) is 18.3 Å². The number of carbonyl (C=O) groups excluding carboxylic acids is 2. The lowest BCUT2D eigenvalue weighted by Gasteiger charge is -2.22. The lowest BCUT2D eigenvalue weighted by molar-refractivity contribution is -0.144. The molecule has 0 unspecified atom stereocenters. The number of hydrogen-bond acceptors (Lipinski definition) is 4. The minimum absolute atomic E-state index is 0.114. The van der Waals surface area contributed by atoms with Crippen molar-refractivity contribution in [1.82, 2.24) is 4.90 Å². The first kappa shape index (κ1) is 15.0. The Hall–Kier alpha value is -1.36. The quantitative estimate of drug-likeness (QED) is 0.692. The fourth-order valence-corrected chi connectivity index (χ4v) is 2.76. The molecule has 0 bridgehead atoms. The molecule has 2 rings (SSSR count). The molecule has 0 radical (unpaired) electrons. The smallest absolute Gasteiger partial charge is 0.307 e. The molecule has 1 aromatic heterocycles. The summed E-state index contributed by atoms with van der Waals surface area (Å²) in [5.74, 6) is 0.519. The van der Waals surface area contributed by atoms with E-state index in [1.165, 1.54) is 12.8 Å². The van der Waals surface area contributed by atoms with Crippen LogP contribution in [0.25, 0.3) is 0 Å². The number of carbonyl (C=O) groups is 2. The predicted octanol–water partition coefficient (Wildman–Crippen LogP) is 2.48. The third kappa shape index (κ3) is 4.96. The van der Waals surface area contributed by atoms with Gasteiger partial charge >= 0.3 is 5.97 Å². The van der Waals surface area contributed by atoms with E-state index >= 15 is 0 Å². The van der Waals surface area contributed by atoms with Crippen LogP contribution in [0.2, 0.25) is 0 Å². The van der Waals surface area contributed by atoms with Gasteiger partial charge in [-0.15, -0.1) is 11.3 Å². The summed E-state index contributed by atoms with van der Waals surface area (Å²) in [6.07, 6.45) is 3.12. The summed E-state index contributed by atoms with van der Waals surface area (Å²) in [6.45, 7) is 3.44. The summed E-state index contributed by atoms with van der Waals surface area (Å²) in [6, 6.07) is 3.93. The van der Waals surface area contributed by atoms with Crippen LogP contribution < -0.4 is 0 Å². The molecule has 1 fully saturated rings. The first-order valence-corrected chi connectivity index (χ1v) is 8.02. The van der Waals surface area contributed by atoms with Crippen molar-refractivity contribution in [2.75, 3.05) is 19.7 Å². The molecule has 1 amide bonds. The van der Waals surface area contributed by atoms with Crippen LogP contribution in [-0.4, -0.2) is 36.5 Å². The summed E-state index contributed by atoms with van der Waals surface area (Å²) in [5.41, 5.74) is 0. The first-order valence-electron chi connectivity index (χ1n) is 7.14. The van der Waals surface area contributed by atoms with E-state index in [4.69, 9.17) is 4.74 Å². The van der Waals surface area contributed by atoms with Crippen LogP contribution in [0.5, 0.6) is 0 Å². The van der Waals surface area contributed by atoms with Gasteiger partial charge in [0.1, 0.15) is 0 Å². The average molecular weight is 295 g/mol. The second-order valence-electron chi connectivity index (χ2n) is 5.09. The number of hydrogen-bond donors (Lipinski definition) is 0. The van der Waals surface area contributed by atoms with E-state index in [0.717, 1.165) is 11.4 Å². The second kappa shape index (κ2) is 7.43. The third-order valence-corrected chi connectivity index (χ3v) is 4.20. The van der Waals surface area contributed by atoms with E-state index in [0.29, 0.717) is 25.5 Å². The number of nitrogens with zero attached hydrogens (tertiary/aromatic N) is 1. The third-order valence-electron chi connectivity index (χ3n) is 3.32. The average Bonchev–Trinajstić information content (AvgIpc) is 3.10. The van der Waals surface area contributed by atoms with Crippen LogP contribution in [0.15, 0.2) is 17.5 Å². The Morgan fingerprint density at radius 2 is 2.25 bits per heavy atom. The van der Waals surface area contributed by atoms with Crippen molar-refractivity contribution in [2.24, 2.45) is 5.92 Å². The van der Waals surface area contributed by atoms with Crippen LogP contribution in [0.4, 0.5) is 0 Å². The number of esters is 1. The van der Waals surface area contributed by atoms with Gasteiger partial charge in [-0.05, 0) is 37.1 Å². The normalized spacial score (nSPS) is 14.1. The van der Waals surface area contributed by atoms with Crippen molar-refractivity contribution >= 4 is 23.2 Å². The fourth-order valence-electron chi connectivity index (χ4n) is 2.06. The summed E-state index contributed by atoms with van der Waals surface area (Å²) < 4.78 is 4.92. The van der Waals surface area contributed by atoms with Crippen molar-refractivity contribution < 1.29 is 14.3 Å². The first-order chi connectivity index (χ1) is 9.69. The van der Waals surface area contributed by atoms with Crippen LogP contribution in [0, 0.1) is 5.92 Å². The van der Waals surface area contributed by atoms with Gasteiger partial charge in [0, 0.05) is 18.0 Å². The van der Waals surface area contributed by atoms with Crippen molar-refractivity contribution in [3.05, 3.63) is 22.4 Å². The lowest BCUT2D eigenvalue weighted by Crippen LogP contribution is -2.36. The van der Waals surface area contributed by atoms with Gasteiger partial charge in [0.15, 0.2) is 0 Å². The van der Waals surface area contributed by atoms with E-state index in [2.05, 4.69) is 0 Å². The SMILES string of the molecule is CCOC(=O)CCN(CC1CC1)C(=O)Cc1cccs1. The predicted molar refractivity (Wildman–Crippen MR) is 78.6 cm³/mol. The monoisotopic (exact) mass is 295 g/mol. The molecule has 1 heterocycles. The van der Waals surface area contributed by atoms with Crippen molar-refractivity contribution in [3.8, 4) is 0 Å². The van der Waals surface area contributed by atoms with Gasteiger partial charge in [-0.1, -0.05) is 6.07 Å². The Labute approximate surface area is 123 Å². The zero-order chi connectivity index (χ0) is 14.4. The highest BCUT2D eigenvalue weighted by Crippen LogP contribution is 2.30. The summed E-state index contributed by atoms with van der Waals surface area (Å²) >= 11 is 1.60. The maximum atomic E-state index is 12.3. The van der Waals surface area contributed by atoms with Crippen LogP contribution >= 0.6 is 11.3 Å². The molecule has 0 atom stereocenters.